The molecule has 0 saturated heterocycles. The Labute approximate surface area is 183 Å². The molecule has 0 atom stereocenters. The van der Waals surface area contributed by atoms with E-state index in [1.54, 1.807) is 14.2 Å². The highest BCUT2D eigenvalue weighted by Crippen LogP contribution is 2.28. The molecule has 28 heavy (non-hydrogen) atoms. The van der Waals surface area contributed by atoms with Crippen molar-refractivity contribution >= 4 is 29.9 Å². The molecule has 0 bridgehead atoms. The van der Waals surface area contributed by atoms with Gasteiger partial charge in [0, 0.05) is 32.8 Å². The second-order valence-corrected chi connectivity index (χ2v) is 6.67. The second-order valence-electron chi connectivity index (χ2n) is 6.67. The number of guanidine groups is 1. The highest BCUT2D eigenvalue weighted by atomic mass is 127. The van der Waals surface area contributed by atoms with E-state index in [1.165, 1.54) is 12.8 Å². The van der Waals surface area contributed by atoms with Crippen molar-refractivity contribution in [3.05, 3.63) is 30.1 Å². The molecule has 154 valence electrons. The largest absolute Gasteiger partial charge is 0.497 e. The smallest absolute Gasteiger partial charge is 0.193 e. The molecule has 1 aromatic heterocycles. The first-order valence-corrected chi connectivity index (χ1v) is 9.25. The summed E-state index contributed by atoms with van der Waals surface area (Å²) in [6.45, 7) is 2.90. The molecule has 2 aromatic rings. The highest BCUT2D eigenvalue weighted by molar-refractivity contribution is 14.0. The van der Waals surface area contributed by atoms with Gasteiger partial charge in [0.25, 0.3) is 0 Å². The molecule has 0 amide bonds. The molecular weight excluding hydrogens is 471 g/mol. The van der Waals surface area contributed by atoms with E-state index in [0.29, 0.717) is 19.0 Å². The molecule has 8 nitrogen and oxygen atoms in total. The van der Waals surface area contributed by atoms with Crippen molar-refractivity contribution in [2.75, 3.05) is 41.0 Å². The number of likely N-dealkylation sites (N-methyl/N-ethyl adjacent to an activating group) is 1. The van der Waals surface area contributed by atoms with Gasteiger partial charge in [0.15, 0.2) is 11.8 Å². The monoisotopic (exact) mass is 500 g/mol. The molecule has 0 aliphatic heterocycles. The number of aromatic amines is 1. The molecule has 9 heteroatoms. The fraction of sp³-hybridized carbons (Fsp3) is 0.526. The van der Waals surface area contributed by atoms with Crippen LogP contribution in [0.15, 0.2) is 29.3 Å². The average molecular weight is 500 g/mol. The topological polar surface area (TPSA) is 87.7 Å². The maximum absolute atomic E-state index is 5.69. The number of nitrogens with zero attached hydrogens (tertiary/aromatic N) is 4. The van der Waals surface area contributed by atoms with Crippen LogP contribution in [0.25, 0.3) is 11.4 Å². The van der Waals surface area contributed by atoms with Crippen LogP contribution in [0.3, 0.4) is 0 Å². The number of rotatable bonds is 9. The Morgan fingerprint density at radius 3 is 2.71 bits per heavy atom. The van der Waals surface area contributed by atoms with Crippen molar-refractivity contribution < 1.29 is 9.47 Å². The second kappa shape index (κ2) is 11.2. The first kappa shape index (κ1) is 22.4. The molecule has 1 aliphatic rings. The zero-order chi connectivity index (χ0) is 19.1. The molecule has 0 radical (unpaired) electrons. The van der Waals surface area contributed by atoms with Crippen LogP contribution in [0.4, 0.5) is 0 Å². The number of nitrogens with one attached hydrogen (secondary N) is 2. The van der Waals surface area contributed by atoms with Crippen LogP contribution >= 0.6 is 24.0 Å². The van der Waals surface area contributed by atoms with Gasteiger partial charge in [-0.2, -0.15) is 5.10 Å². The van der Waals surface area contributed by atoms with Gasteiger partial charge in [-0.3, -0.25) is 10.1 Å². The Morgan fingerprint density at radius 2 is 2.07 bits per heavy atom. The summed E-state index contributed by atoms with van der Waals surface area (Å²) in [5, 5.41) is 10.6. The predicted octanol–water partition coefficient (Wildman–Crippen LogP) is 2.53. The number of aliphatic imine (C=N–C) groups is 1. The van der Waals surface area contributed by atoms with Crippen molar-refractivity contribution in [2.45, 2.75) is 19.4 Å². The molecular formula is C19H29IN6O2. The minimum atomic E-state index is 0. The molecule has 1 fully saturated rings. The fourth-order valence-electron chi connectivity index (χ4n) is 2.63. The van der Waals surface area contributed by atoms with Crippen molar-refractivity contribution in [3.63, 3.8) is 0 Å². The average Bonchev–Trinajstić information content (AvgIpc) is 3.41. The van der Waals surface area contributed by atoms with Gasteiger partial charge in [-0.1, -0.05) is 0 Å². The van der Waals surface area contributed by atoms with Crippen LogP contribution in [-0.2, 0) is 11.3 Å². The van der Waals surface area contributed by atoms with Crippen LogP contribution in [0.1, 0.15) is 18.7 Å². The summed E-state index contributed by atoms with van der Waals surface area (Å²) in [5.74, 6) is 3.81. The summed E-state index contributed by atoms with van der Waals surface area (Å²) in [4.78, 5) is 10.9. The minimum Gasteiger partial charge on any atom is -0.497 e. The van der Waals surface area contributed by atoms with Gasteiger partial charge in [-0.05, 0) is 43.0 Å². The van der Waals surface area contributed by atoms with Crippen molar-refractivity contribution in [1.29, 1.82) is 0 Å². The van der Waals surface area contributed by atoms with Gasteiger partial charge in [0.05, 0.1) is 20.3 Å². The van der Waals surface area contributed by atoms with Gasteiger partial charge < -0.3 is 19.7 Å². The fourth-order valence-corrected chi connectivity index (χ4v) is 2.63. The maximum Gasteiger partial charge on any atom is 0.193 e. The van der Waals surface area contributed by atoms with Gasteiger partial charge >= 0.3 is 0 Å². The van der Waals surface area contributed by atoms with Crippen molar-refractivity contribution in [2.24, 2.45) is 10.9 Å². The summed E-state index contributed by atoms with van der Waals surface area (Å²) in [6.07, 6.45) is 2.63. The van der Waals surface area contributed by atoms with Gasteiger partial charge in [-0.25, -0.2) is 4.98 Å². The molecule has 1 aromatic carbocycles. The van der Waals surface area contributed by atoms with Crippen LogP contribution in [0.2, 0.25) is 0 Å². The standard InChI is InChI=1S/C19H28N6O2.HI/c1-20-19(25(2)10-11-27-13-14-4-5-14)21-12-17-22-18(24-23-17)15-6-8-16(26-3)9-7-15;/h6-9,14H,4-5,10-13H2,1-3H3,(H,20,21)(H,22,23,24);1H. The van der Waals surface area contributed by atoms with E-state index in [-0.39, 0.29) is 24.0 Å². The Hall–Kier alpha value is -1.88. The van der Waals surface area contributed by atoms with Crippen molar-refractivity contribution in [1.82, 2.24) is 25.4 Å². The lowest BCUT2D eigenvalue weighted by atomic mass is 10.2. The number of H-pyrrole nitrogens is 1. The number of halogens is 1. The first-order chi connectivity index (χ1) is 13.2. The Morgan fingerprint density at radius 1 is 1.32 bits per heavy atom. The third-order valence-electron chi connectivity index (χ3n) is 4.49. The summed E-state index contributed by atoms with van der Waals surface area (Å²) < 4.78 is 10.9. The van der Waals surface area contributed by atoms with Gasteiger partial charge in [0.1, 0.15) is 11.6 Å². The van der Waals surface area contributed by atoms with Crippen LogP contribution in [0, 0.1) is 5.92 Å². The first-order valence-electron chi connectivity index (χ1n) is 9.25. The number of methoxy groups -OCH3 is 1. The lowest BCUT2D eigenvalue weighted by Crippen LogP contribution is -2.40. The van der Waals surface area contributed by atoms with E-state index in [9.17, 15) is 0 Å². The molecule has 3 rings (SSSR count). The van der Waals surface area contributed by atoms with E-state index in [2.05, 4.69) is 25.5 Å². The molecule has 2 N–H and O–H groups in total. The van der Waals surface area contributed by atoms with Gasteiger partial charge in [-0.15, -0.1) is 24.0 Å². The van der Waals surface area contributed by atoms with Gasteiger partial charge in [0.2, 0.25) is 0 Å². The van der Waals surface area contributed by atoms with Crippen LogP contribution in [-0.4, -0.2) is 67.0 Å². The lowest BCUT2D eigenvalue weighted by Gasteiger charge is -2.21. The summed E-state index contributed by atoms with van der Waals surface area (Å²) in [5.41, 5.74) is 0.938. The Bertz CT molecular complexity index is 745. The van der Waals surface area contributed by atoms with E-state index >= 15 is 0 Å². The summed E-state index contributed by atoms with van der Waals surface area (Å²) in [6, 6.07) is 7.67. The van der Waals surface area contributed by atoms with Crippen LogP contribution < -0.4 is 10.1 Å². The van der Waals surface area contributed by atoms with E-state index in [4.69, 9.17) is 9.47 Å². The third-order valence-corrected chi connectivity index (χ3v) is 4.49. The van der Waals surface area contributed by atoms with E-state index < -0.39 is 0 Å². The predicted molar refractivity (Wildman–Crippen MR) is 120 cm³/mol. The molecule has 0 spiro atoms. The minimum absolute atomic E-state index is 0. The zero-order valence-corrected chi connectivity index (χ0v) is 19.0. The molecule has 0 unspecified atom stereocenters. The maximum atomic E-state index is 5.69. The SMILES string of the molecule is CN=C(NCc1nc(-c2ccc(OC)cc2)n[nH]1)N(C)CCOCC1CC1.I. The highest BCUT2D eigenvalue weighted by Gasteiger charge is 2.21. The number of aromatic nitrogens is 3. The summed E-state index contributed by atoms with van der Waals surface area (Å²) in [7, 11) is 5.42. The quantitative estimate of drug-likeness (QED) is 0.238. The van der Waals surface area contributed by atoms with E-state index in [0.717, 1.165) is 42.2 Å². The molecule has 1 heterocycles. The number of ether oxygens (including phenoxy) is 2. The molecule has 1 aliphatic carbocycles. The zero-order valence-electron chi connectivity index (χ0n) is 16.6. The lowest BCUT2D eigenvalue weighted by molar-refractivity contribution is 0.115. The normalized spacial score (nSPS) is 13.8. The molecule has 1 saturated carbocycles. The number of benzene rings is 1. The number of hydrogen-bond acceptors (Lipinski definition) is 5. The summed E-state index contributed by atoms with van der Waals surface area (Å²) >= 11 is 0. The van der Waals surface area contributed by atoms with Crippen LogP contribution in [0.5, 0.6) is 5.75 Å². The Balaban J connectivity index is 0.00000280. The van der Waals surface area contributed by atoms with E-state index in [1.807, 2.05) is 36.2 Å². The Kier molecular flexibility index (Phi) is 8.97. The van der Waals surface area contributed by atoms with Crippen molar-refractivity contribution in [3.8, 4) is 17.1 Å². The third kappa shape index (κ3) is 6.62. The number of hydrogen-bond donors (Lipinski definition) is 2.